The predicted molar refractivity (Wildman–Crippen MR) is 100 cm³/mol. The third-order valence-corrected chi connectivity index (χ3v) is 5.03. The first-order valence-corrected chi connectivity index (χ1v) is 9.11. The number of nitrogens with one attached hydrogen (secondary N) is 3. The number of imidazole rings is 1. The summed E-state index contributed by atoms with van der Waals surface area (Å²) in [6.45, 7) is 1.34. The molecule has 0 aliphatic carbocycles. The zero-order valence-corrected chi connectivity index (χ0v) is 14.8. The normalized spacial score (nSPS) is 17.3. The minimum absolute atomic E-state index is 0.0104. The lowest BCUT2D eigenvalue weighted by Gasteiger charge is -2.32. The van der Waals surface area contributed by atoms with Gasteiger partial charge in [0.2, 0.25) is 5.91 Å². The van der Waals surface area contributed by atoms with E-state index in [9.17, 15) is 14.4 Å². The molecule has 1 aliphatic rings. The molecule has 0 spiro atoms. The smallest absolute Gasteiger partial charge is 0.325 e. The minimum atomic E-state index is -0.569. The number of amides is 1. The second-order valence-electron chi connectivity index (χ2n) is 7.03. The summed E-state index contributed by atoms with van der Waals surface area (Å²) in [5.74, 6) is 1.17. The molecule has 8 heteroatoms. The molecule has 0 saturated carbocycles. The number of benzene rings is 1. The summed E-state index contributed by atoms with van der Waals surface area (Å²) in [6, 6.07) is 7.92. The van der Waals surface area contributed by atoms with Crippen LogP contribution < -0.4 is 11.2 Å². The molecule has 1 aliphatic heterocycles. The number of aromatic nitrogens is 4. The van der Waals surface area contributed by atoms with Crippen molar-refractivity contribution >= 4 is 16.9 Å². The van der Waals surface area contributed by atoms with Gasteiger partial charge in [0.25, 0.3) is 5.56 Å². The van der Waals surface area contributed by atoms with E-state index in [0.717, 1.165) is 36.1 Å². The van der Waals surface area contributed by atoms with Crippen LogP contribution in [0.1, 0.15) is 24.2 Å². The van der Waals surface area contributed by atoms with Gasteiger partial charge in [-0.2, -0.15) is 0 Å². The van der Waals surface area contributed by atoms with E-state index in [1.54, 1.807) is 4.90 Å². The molecule has 1 atom stereocenters. The SMILES string of the molecule is O=C(Cc1c[nH]c(=O)[nH]c1=O)N1CCCC(Cc2nc3ccccc3[nH]2)C1. The number of fused-ring (bicyclic) bond motifs is 1. The van der Waals surface area contributed by atoms with Crippen LogP contribution in [0, 0.1) is 5.92 Å². The number of likely N-dealkylation sites (tertiary alicyclic amines) is 1. The number of piperidine rings is 1. The number of carbonyl (C=O) groups is 1. The summed E-state index contributed by atoms with van der Waals surface area (Å²) in [4.78, 5) is 49.8. The molecular weight excluding hydrogens is 346 g/mol. The molecule has 8 nitrogen and oxygen atoms in total. The Bertz CT molecular complexity index is 1050. The second-order valence-corrected chi connectivity index (χ2v) is 7.03. The molecule has 1 saturated heterocycles. The number of carbonyl (C=O) groups excluding carboxylic acids is 1. The van der Waals surface area contributed by atoms with Crippen molar-refractivity contribution in [2.75, 3.05) is 13.1 Å². The molecule has 1 fully saturated rings. The average Bonchev–Trinajstić information content (AvgIpc) is 3.06. The Balaban J connectivity index is 1.41. The molecule has 1 amide bonds. The van der Waals surface area contributed by atoms with Gasteiger partial charge in [-0.3, -0.25) is 14.6 Å². The highest BCUT2D eigenvalue weighted by molar-refractivity contribution is 5.78. The number of hydrogen-bond acceptors (Lipinski definition) is 4. The Morgan fingerprint density at radius 2 is 2.07 bits per heavy atom. The van der Waals surface area contributed by atoms with Gasteiger partial charge in [0.1, 0.15) is 5.82 Å². The number of nitrogens with zero attached hydrogens (tertiary/aromatic N) is 2. The van der Waals surface area contributed by atoms with E-state index in [-0.39, 0.29) is 17.9 Å². The van der Waals surface area contributed by atoms with Crippen molar-refractivity contribution in [3.8, 4) is 0 Å². The van der Waals surface area contributed by atoms with Crippen molar-refractivity contribution in [1.29, 1.82) is 0 Å². The van der Waals surface area contributed by atoms with E-state index in [1.807, 2.05) is 24.3 Å². The molecule has 3 N–H and O–H groups in total. The summed E-state index contributed by atoms with van der Waals surface area (Å²) < 4.78 is 0. The Labute approximate surface area is 154 Å². The first kappa shape index (κ1) is 17.3. The molecular formula is C19H21N5O3. The van der Waals surface area contributed by atoms with Gasteiger partial charge < -0.3 is 14.9 Å². The molecule has 2 aromatic heterocycles. The van der Waals surface area contributed by atoms with Crippen LogP contribution in [0.25, 0.3) is 11.0 Å². The standard InChI is InChI=1S/C19H21N5O3/c25-17(9-13-10-20-19(27)23-18(13)26)24-7-3-4-12(11-24)8-16-21-14-5-1-2-6-15(14)22-16/h1-2,5-6,10,12H,3-4,7-9,11H2,(H,21,22)(H2,20,23,26,27). The van der Waals surface area contributed by atoms with Crippen molar-refractivity contribution in [3.05, 3.63) is 62.7 Å². The Kier molecular flexibility index (Phi) is 4.62. The van der Waals surface area contributed by atoms with Gasteiger partial charge in [-0.25, -0.2) is 9.78 Å². The zero-order chi connectivity index (χ0) is 18.8. The van der Waals surface area contributed by atoms with E-state index in [4.69, 9.17) is 0 Å². The maximum atomic E-state index is 12.6. The number of rotatable bonds is 4. The third kappa shape index (κ3) is 3.84. The number of aromatic amines is 3. The lowest BCUT2D eigenvalue weighted by Crippen LogP contribution is -2.42. The fourth-order valence-electron chi connectivity index (χ4n) is 3.68. The second kappa shape index (κ2) is 7.22. The van der Waals surface area contributed by atoms with Crippen molar-refractivity contribution in [2.24, 2.45) is 5.92 Å². The lowest BCUT2D eigenvalue weighted by molar-refractivity contribution is -0.132. The summed E-state index contributed by atoms with van der Waals surface area (Å²) in [6.07, 6.45) is 4.06. The monoisotopic (exact) mass is 367 g/mol. The van der Waals surface area contributed by atoms with Crippen molar-refractivity contribution in [1.82, 2.24) is 24.8 Å². The first-order chi connectivity index (χ1) is 13.1. The largest absolute Gasteiger partial charge is 0.342 e. The number of H-pyrrole nitrogens is 3. The van der Waals surface area contributed by atoms with Crippen LogP contribution in [0.2, 0.25) is 0 Å². The van der Waals surface area contributed by atoms with E-state index < -0.39 is 11.2 Å². The Morgan fingerprint density at radius 1 is 1.22 bits per heavy atom. The maximum absolute atomic E-state index is 12.6. The highest BCUT2D eigenvalue weighted by atomic mass is 16.2. The molecule has 27 heavy (non-hydrogen) atoms. The van der Waals surface area contributed by atoms with Gasteiger partial charge in [-0.1, -0.05) is 12.1 Å². The van der Waals surface area contributed by atoms with Crippen LogP contribution in [-0.4, -0.2) is 43.8 Å². The van der Waals surface area contributed by atoms with E-state index in [0.29, 0.717) is 19.0 Å². The fraction of sp³-hybridized carbons (Fsp3) is 0.368. The summed E-state index contributed by atoms with van der Waals surface area (Å²) in [5.41, 5.74) is 1.17. The summed E-state index contributed by atoms with van der Waals surface area (Å²) in [5, 5.41) is 0. The molecule has 0 bridgehead atoms. The molecule has 1 aromatic carbocycles. The predicted octanol–water partition coefficient (Wildman–Crippen LogP) is 0.963. The molecule has 3 aromatic rings. The average molecular weight is 367 g/mol. The van der Waals surface area contributed by atoms with Gasteiger partial charge in [0.15, 0.2) is 0 Å². The van der Waals surface area contributed by atoms with Crippen LogP contribution in [0.5, 0.6) is 0 Å². The van der Waals surface area contributed by atoms with Crippen LogP contribution >= 0.6 is 0 Å². The molecule has 4 rings (SSSR count). The Hall–Kier alpha value is -3.16. The van der Waals surface area contributed by atoms with Gasteiger partial charge in [0, 0.05) is 31.3 Å². The van der Waals surface area contributed by atoms with Gasteiger partial charge in [-0.15, -0.1) is 0 Å². The molecule has 0 radical (unpaired) electrons. The minimum Gasteiger partial charge on any atom is -0.342 e. The van der Waals surface area contributed by atoms with Gasteiger partial charge in [0.05, 0.1) is 17.5 Å². The van der Waals surface area contributed by atoms with Crippen LogP contribution in [0.3, 0.4) is 0 Å². The highest BCUT2D eigenvalue weighted by Crippen LogP contribution is 2.21. The van der Waals surface area contributed by atoms with Gasteiger partial charge >= 0.3 is 5.69 Å². The van der Waals surface area contributed by atoms with Crippen LogP contribution in [0.15, 0.2) is 40.1 Å². The van der Waals surface area contributed by atoms with Crippen molar-refractivity contribution < 1.29 is 4.79 Å². The quantitative estimate of drug-likeness (QED) is 0.637. The molecule has 140 valence electrons. The van der Waals surface area contributed by atoms with Crippen LogP contribution in [-0.2, 0) is 17.6 Å². The van der Waals surface area contributed by atoms with Crippen LogP contribution in [0.4, 0.5) is 0 Å². The molecule has 1 unspecified atom stereocenters. The maximum Gasteiger partial charge on any atom is 0.325 e. The molecule has 3 heterocycles. The Morgan fingerprint density at radius 3 is 2.89 bits per heavy atom. The van der Waals surface area contributed by atoms with E-state index >= 15 is 0 Å². The van der Waals surface area contributed by atoms with Gasteiger partial charge in [-0.05, 0) is 30.9 Å². The number of hydrogen-bond donors (Lipinski definition) is 3. The van der Waals surface area contributed by atoms with Crippen molar-refractivity contribution in [2.45, 2.75) is 25.7 Å². The van der Waals surface area contributed by atoms with Crippen molar-refractivity contribution in [3.63, 3.8) is 0 Å². The van der Waals surface area contributed by atoms with E-state index in [2.05, 4.69) is 19.9 Å². The lowest BCUT2D eigenvalue weighted by atomic mass is 9.94. The zero-order valence-electron chi connectivity index (χ0n) is 14.8. The topological polar surface area (TPSA) is 115 Å². The summed E-state index contributed by atoms with van der Waals surface area (Å²) in [7, 11) is 0. The highest BCUT2D eigenvalue weighted by Gasteiger charge is 2.25. The first-order valence-electron chi connectivity index (χ1n) is 9.11. The fourth-order valence-corrected chi connectivity index (χ4v) is 3.68. The summed E-state index contributed by atoms with van der Waals surface area (Å²) >= 11 is 0. The third-order valence-electron chi connectivity index (χ3n) is 5.03. The van der Waals surface area contributed by atoms with E-state index in [1.165, 1.54) is 6.20 Å². The number of para-hydroxylation sites is 2.